The maximum Gasteiger partial charge on any atom is 0.125 e. The van der Waals surface area contributed by atoms with Gasteiger partial charge in [0.15, 0.2) is 0 Å². The zero-order chi connectivity index (χ0) is 14.4. The molecule has 4 nitrogen and oxygen atoms in total. The zero-order valence-electron chi connectivity index (χ0n) is 11.9. The van der Waals surface area contributed by atoms with E-state index in [0.717, 1.165) is 41.1 Å². The van der Waals surface area contributed by atoms with Crippen LogP contribution in [0.15, 0.2) is 24.3 Å². The van der Waals surface area contributed by atoms with Crippen molar-refractivity contribution in [3.63, 3.8) is 0 Å². The van der Waals surface area contributed by atoms with Crippen LogP contribution in [0.4, 0.5) is 0 Å². The van der Waals surface area contributed by atoms with Gasteiger partial charge in [-0.05, 0) is 30.4 Å². The number of rotatable bonds is 7. The molecule has 108 valence electrons. The Kier molecular flexibility index (Phi) is 5.49. The lowest BCUT2D eigenvalue weighted by molar-refractivity contribution is 0.213. The van der Waals surface area contributed by atoms with Gasteiger partial charge in [-0.1, -0.05) is 43.0 Å². The number of benzene rings is 1. The third-order valence-electron chi connectivity index (χ3n) is 3.00. The summed E-state index contributed by atoms with van der Waals surface area (Å²) in [5.41, 5.74) is 1.67. The predicted molar refractivity (Wildman–Crippen MR) is 80.2 cm³/mol. The Morgan fingerprint density at radius 3 is 2.80 bits per heavy atom. The highest BCUT2D eigenvalue weighted by molar-refractivity contribution is 7.05. The smallest absolute Gasteiger partial charge is 0.125 e. The van der Waals surface area contributed by atoms with Gasteiger partial charge in [-0.25, -0.2) is 0 Å². The second kappa shape index (κ2) is 7.36. The number of hydrogen-bond donors (Lipinski definition) is 1. The van der Waals surface area contributed by atoms with Crippen LogP contribution < -0.4 is 4.74 Å². The standard InChI is InChI=1S/C15H20N2O2S/c1-3-7-12-15(20-17-16-12)14(18)11-8-5-6-9-13(11)19-10-4-2/h5-6,8-9,14,18H,3-4,7,10H2,1-2H3. The van der Waals surface area contributed by atoms with Gasteiger partial charge in [0.05, 0.1) is 17.2 Å². The third-order valence-corrected chi connectivity index (χ3v) is 3.81. The topological polar surface area (TPSA) is 55.2 Å². The molecule has 0 aliphatic rings. The van der Waals surface area contributed by atoms with E-state index in [-0.39, 0.29) is 0 Å². The lowest BCUT2D eigenvalue weighted by Gasteiger charge is -2.15. The minimum absolute atomic E-state index is 0.645. The van der Waals surface area contributed by atoms with E-state index in [1.165, 1.54) is 11.5 Å². The number of ether oxygens (including phenoxy) is 1. The molecule has 0 spiro atoms. The van der Waals surface area contributed by atoms with Crippen LogP contribution in [0.3, 0.4) is 0 Å². The molecule has 1 atom stereocenters. The molecular formula is C15H20N2O2S. The number of aliphatic hydroxyl groups is 1. The second-order valence-corrected chi connectivity index (χ2v) is 5.41. The van der Waals surface area contributed by atoms with Crippen molar-refractivity contribution in [3.8, 4) is 5.75 Å². The van der Waals surface area contributed by atoms with Gasteiger partial charge < -0.3 is 9.84 Å². The molecule has 0 saturated heterocycles. The molecule has 0 amide bonds. The predicted octanol–water partition coefficient (Wildman–Crippen LogP) is 3.36. The molecule has 0 bridgehead atoms. The Hall–Kier alpha value is -1.46. The summed E-state index contributed by atoms with van der Waals surface area (Å²) in [6.07, 6.45) is 2.04. The first-order chi connectivity index (χ1) is 9.77. The highest BCUT2D eigenvalue weighted by Crippen LogP contribution is 2.33. The van der Waals surface area contributed by atoms with Crippen molar-refractivity contribution < 1.29 is 9.84 Å². The first-order valence-electron chi connectivity index (χ1n) is 6.98. The molecule has 0 fully saturated rings. The number of hydrogen-bond acceptors (Lipinski definition) is 5. The highest BCUT2D eigenvalue weighted by Gasteiger charge is 2.21. The van der Waals surface area contributed by atoms with Crippen LogP contribution >= 0.6 is 11.5 Å². The molecule has 0 radical (unpaired) electrons. The molecule has 0 aliphatic carbocycles. The van der Waals surface area contributed by atoms with Gasteiger partial charge in [0, 0.05) is 5.56 Å². The van der Waals surface area contributed by atoms with Gasteiger partial charge >= 0.3 is 0 Å². The zero-order valence-corrected chi connectivity index (χ0v) is 12.7. The van der Waals surface area contributed by atoms with Crippen molar-refractivity contribution in [2.75, 3.05) is 6.61 Å². The number of nitrogens with zero attached hydrogens (tertiary/aromatic N) is 2. The van der Waals surface area contributed by atoms with E-state index in [9.17, 15) is 5.11 Å². The van der Waals surface area contributed by atoms with Crippen LogP contribution in [-0.2, 0) is 6.42 Å². The van der Waals surface area contributed by atoms with E-state index < -0.39 is 6.10 Å². The summed E-state index contributed by atoms with van der Waals surface area (Å²) in [6, 6.07) is 7.61. The van der Waals surface area contributed by atoms with Crippen molar-refractivity contribution in [3.05, 3.63) is 40.4 Å². The molecule has 1 aromatic heterocycles. The first kappa shape index (κ1) is 14.9. The van der Waals surface area contributed by atoms with Crippen LogP contribution in [0, 0.1) is 0 Å². The van der Waals surface area contributed by atoms with Crippen LogP contribution in [0.25, 0.3) is 0 Å². The monoisotopic (exact) mass is 292 g/mol. The molecule has 1 aromatic carbocycles. The van der Waals surface area contributed by atoms with Gasteiger partial charge in [-0.3, -0.25) is 0 Å². The lowest BCUT2D eigenvalue weighted by atomic mass is 10.0. The summed E-state index contributed by atoms with van der Waals surface area (Å²) < 4.78 is 9.68. The third kappa shape index (κ3) is 3.35. The van der Waals surface area contributed by atoms with E-state index >= 15 is 0 Å². The minimum Gasteiger partial charge on any atom is -0.493 e. The largest absolute Gasteiger partial charge is 0.493 e. The quantitative estimate of drug-likeness (QED) is 0.850. The molecule has 1 unspecified atom stereocenters. The highest BCUT2D eigenvalue weighted by atomic mass is 32.1. The molecule has 1 N–H and O–H groups in total. The van der Waals surface area contributed by atoms with Crippen molar-refractivity contribution in [2.24, 2.45) is 0 Å². The average molecular weight is 292 g/mol. The Labute approximate surface area is 123 Å². The maximum atomic E-state index is 10.6. The average Bonchev–Trinajstić information content (AvgIpc) is 2.93. The second-order valence-electron chi connectivity index (χ2n) is 4.62. The molecule has 1 heterocycles. The van der Waals surface area contributed by atoms with Gasteiger partial charge in [-0.2, -0.15) is 0 Å². The van der Waals surface area contributed by atoms with E-state index in [2.05, 4.69) is 23.4 Å². The summed E-state index contributed by atoms with van der Waals surface area (Å²) in [6.45, 7) is 4.80. The summed E-state index contributed by atoms with van der Waals surface area (Å²) in [5, 5.41) is 14.7. The summed E-state index contributed by atoms with van der Waals surface area (Å²) in [5.74, 6) is 0.734. The molecule has 0 saturated carbocycles. The van der Waals surface area contributed by atoms with Crippen LogP contribution in [-0.4, -0.2) is 21.3 Å². The number of para-hydroxylation sites is 1. The fraction of sp³-hybridized carbons (Fsp3) is 0.467. The molecular weight excluding hydrogens is 272 g/mol. The van der Waals surface area contributed by atoms with Crippen molar-refractivity contribution in [1.29, 1.82) is 0 Å². The van der Waals surface area contributed by atoms with Crippen LogP contribution in [0.2, 0.25) is 0 Å². The van der Waals surface area contributed by atoms with Gasteiger partial charge in [0.1, 0.15) is 11.9 Å². The molecule has 2 aromatic rings. The van der Waals surface area contributed by atoms with Gasteiger partial charge in [0.2, 0.25) is 0 Å². The van der Waals surface area contributed by atoms with E-state index in [1.54, 1.807) is 0 Å². The number of aliphatic hydroxyl groups excluding tert-OH is 1. The Balaban J connectivity index is 2.28. The SMILES string of the molecule is CCCOc1ccccc1C(O)c1snnc1CCC. The fourth-order valence-electron chi connectivity index (χ4n) is 2.02. The Bertz CT molecular complexity index is 542. The number of aromatic nitrogens is 2. The first-order valence-corrected chi connectivity index (χ1v) is 7.76. The van der Waals surface area contributed by atoms with E-state index in [1.807, 2.05) is 24.3 Å². The molecule has 20 heavy (non-hydrogen) atoms. The van der Waals surface area contributed by atoms with Crippen molar-refractivity contribution in [2.45, 2.75) is 39.2 Å². The molecule has 2 rings (SSSR count). The Morgan fingerprint density at radius 1 is 1.25 bits per heavy atom. The van der Waals surface area contributed by atoms with Crippen LogP contribution in [0.5, 0.6) is 5.75 Å². The van der Waals surface area contributed by atoms with E-state index in [4.69, 9.17) is 4.74 Å². The minimum atomic E-state index is -0.718. The van der Waals surface area contributed by atoms with Crippen molar-refractivity contribution >= 4 is 11.5 Å². The van der Waals surface area contributed by atoms with Gasteiger partial charge in [-0.15, -0.1) is 5.10 Å². The fourth-order valence-corrected chi connectivity index (χ4v) is 2.73. The number of aryl methyl sites for hydroxylation is 1. The summed E-state index contributed by atoms with van der Waals surface area (Å²) in [7, 11) is 0. The normalized spacial score (nSPS) is 12.3. The Morgan fingerprint density at radius 2 is 2.05 bits per heavy atom. The van der Waals surface area contributed by atoms with Gasteiger partial charge in [0.25, 0.3) is 0 Å². The lowest BCUT2D eigenvalue weighted by Crippen LogP contribution is -2.05. The summed E-state index contributed by atoms with van der Waals surface area (Å²) in [4.78, 5) is 0.819. The molecule has 0 aliphatic heterocycles. The summed E-state index contributed by atoms with van der Waals surface area (Å²) >= 11 is 1.26. The van der Waals surface area contributed by atoms with E-state index in [0.29, 0.717) is 6.61 Å². The van der Waals surface area contributed by atoms with Crippen LogP contribution in [0.1, 0.15) is 48.9 Å². The molecule has 5 heteroatoms. The van der Waals surface area contributed by atoms with Crippen molar-refractivity contribution in [1.82, 2.24) is 9.59 Å². The maximum absolute atomic E-state index is 10.6.